The highest BCUT2D eigenvalue weighted by molar-refractivity contribution is 7.80. The second-order valence-electron chi connectivity index (χ2n) is 8.21. The lowest BCUT2D eigenvalue weighted by Crippen LogP contribution is -2.34. The Bertz CT molecular complexity index is 1060. The Kier molecular flexibility index (Phi) is 7.38. The van der Waals surface area contributed by atoms with Gasteiger partial charge in [0.25, 0.3) is 0 Å². The highest BCUT2D eigenvalue weighted by Gasteiger charge is 2.34. The largest absolute Gasteiger partial charge is 0.444 e. The maximum Gasteiger partial charge on any atom is 0.414 e. The monoisotopic (exact) mass is 489 g/mol. The van der Waals surface area contributed by atoms with E-state index in [4.69, 9.17) is 21.8 Å². The van der Waals surface area contributed by atoms with E-state index in [9.17, 15) is 9.59 Å². The van der Waals surface area contributed by atoms with E-state index in [0.29, 0.717) is 24.5 Å². The number of rotatable bonds is 6. The number of thiocarbonyl (C=S) groups is 1. The number of benzene rings is 2. The molecule has 2 aromatic rings. The van der Waals surface area contributed by atoms with Crippen LogP contribution >= 0.6 is 12.2 Å². The standard InChI is InChI=1S/C24H25F2N3O4S/c1-16(30)7-8-19-15-28(24(31)33-19)18-13-20(25)22(21(26)14-18)27-9-10-29(32-12-11-27)23(34)17-5-3-2-4-6-17/h2-6,13-14,19H,7-12,15H2,1H3/t19-/m0/s1. The fourth-order valence-electron chi connectivity index (χ4n) is 4.01. The molecule has 7 nitrogen and oxygen atoms in total. The van der Waals surface area contributed by atoms with Crippen molar-refractivity contribution < 1.29 is 27.9 Å². The fraction of sp³-hybridized carbons (Fsp3) is 0.375. The Morgan fingerprint density at radius 1 is 1.12 bits per heavy atom. The summed E-state index contributed by atoms with van der Waals surface area (Å²) < 4.78 is 35.4. The molecule has 0 aromatic heterocycles. The average molecular weight is 490 g/mol. The number of cyclic esters (lactones) is 1. The molecule has 1 amide bonds. The molecule has 2 aromatic carbocycles. The number of halogens is 2. The topological polar surface area (TPSA) is 62.3 Å². The second-order valence-corrected chi connectivity index (χ2v) is 8.60. The summed E-state index contributed by atoms with van der Waals surface area (Å²) in [6.45, 7) is 2.67. The summed E-state index contributed by atoms with van der Waals surface area (Å²) in [5.41, 5.74) is 0.722. The lowest BCUT2D eigenvalue weighted by atomic mass is 10.1. The van der Waals surface area contributed by atoms with Gasteiger partial charge < -0.3 is 14.4 Å². The molecule has 2 saturated heterocycles. The number of ketones is 1. The molecule has 180 valence electrons. The lowest BCUT2D eigenvalue weighted by molar-refractivity contribution is -0.117. The van der Waals surface area contributed by atoms with Crippen molar-refractivity contribution in [2.24, 2.45) is 0 Å². The van der Waals surface area contributed by atoms with Crippen molar-refractivity contribution in [2.45, 2.75) is 25.9 Å². The van der Waals surface area contributed by atoms with Crippen molar-refractivity contribution in [3.05, 3.63) is 59.7 Å². The molecule has 0 unspecified atom stereocenters. The molecule has 10 heteroatoms. The van der Waals surface area contributed by atoms with Crippen LogP contribution in [0.25, 0.3) is 0 Å². The number of carbonyl (C=O) groups excluding carboxylic acids is 2. The van der Waals surface area contributed by atoms with Gasteiger partial charge in [-0.2, -0.15) is 0 Å². The molecule has 2 aliphatic heterocycles. The highest BCUT2D eigenvalue weighted by atomic mass is 32.1. The maximum absolute atomic E-state index is 15.1. The highest BCUT2D eigenvalue weighted by Crippen LogP contribution is 2.32. The van der Waals surface area contributed by atoms with Crippen molar-refractivity contribution in [1.29, 1.82) is 0 Å². The maximum atomic E-state index is 15.1. The predicted octanol–water partition coefficient (Wildman–Crippen LogP) is 4.09. The number of carbonyl (C=O) groups is 2. The minimum Gasteiger partial charge on any atom is -0.444 e. The van der Waals surface area contributed by atoms with Crippen LogP contribution in [0.4, 0.5) is 25.0 Å². The summed E-state index contributed by atoms with van der Waals surface area (Å²) in [7, 11) is 0. The van der Waals surface area contributed by atoms with Gasteiger partial charge in [-0.15, -0.1) is 0 Å². The van der Waals surface area contributed by atoms with Gasteiger partial charge in [-0.05, 0) is 13.3 Å². The number of hydrogen-bond donors (Lipinski definition) is 0. The normalized spacial score (nSPS) is 18.6. The number of anilines is 2. The second kappa shape index (κ2) is 10.4. The first kappa shape index (κ1) is 24.0. The number of nitrogens with zero attached hydrogens (tertiary/aromatic N) is 3. The molecule has 1 atom stereocenters. The van der Waals surface area contributed by atoms with E-state index in [0.717, 1.165) is 17.7 Å². The molecule has 0 aliphatic carbocycles. The van der Waals surface area contributed by atoms with E-state index in [1.54, 1.807) is 9.96 Å². The Hall–Kier alpha value is -3.11. The smallest absolute Gasteiger partial charge is 0.414 e. The quantitative estimate of drug-likeness (QED) is 0.567. The number of ether oxygens (including phenoxy) is 1. The molecule has 0 radical (unpaired) electrons. The predicted molar refractivity (Wildman–Crippen MR) is 127 cm³/mol. The van der Waals surface area contributed by atoms with Gasteiger partial charge in [0.05, 0.1) is 25.4 Å². The molecule has 2 aliphatic rings. The van der Waals surface area contributed by atoms with E-state index in [1.165, 1.54) is 11.8 Å². The van der Waals surface area contributed by atoms with Crippen molar-refractivity contribution >= 4 is 40.5 Å². The first-order chi connectivity index (χ1) is 16.3. The molecule has 0 spiro atoms. The molecular weight excluding hydrogens is 464 g/mol. The summed E-state index contributed by atoms with van der Waals surface area (Å²) in [5, 5.41) is 1.57. The summed E-state index contributed by atoms with van der Waals surface area (Å²) in [6.07, 6.45) is -0.539. The van der Waals surface area contributed by atoms with Crippen LogP contribution in [0.3, 0.4) is 0 Å². The van der Waals surface area contributed by atoms with Gasteiger partial charge in [0, 0.05) is 37.2 Å². The van der Waals surface area contributed by atoms with Gasteiger partial charge in [-0.3, -0.25) is 9.74 Å². The van der Waals surface area contributed by atoms with Crippen LogP contribution < -0.4 is 9.80 Å². The number of hydroxylamine groups is 2. The van der Waals surface area contributed by atoms with E-state index in [1.807, 2.05) is 30.3 Å². The first-order valence-electron chi connectivity index (χ1n) is 11.0. The third-order valence-corrected chi connectivity index (χ3v) is 6.19. The lowest BCUT2D eigenvalue weighted by Gasteiger charge is -2.25. The van der Waals surface area contributed by atoms with Crippen LogP contribution in [-0.4, -0.2) is 60.8 Å². The zero-order chi connectivity index (χ0) is 24.2. The summed E-state index contributed by atoms with van der Waals surface area (Å²) in [5.74, 6) is -1.58. The first-order valence-corrected chi connectivity index (χ1v) is 11.5. The molecule has 2 fully saturated rings. The van der Waals surface area contributed by atoms with E-state index in [-0.39, 0.29) is 43.3 Å². The van der Waals surface area contributed by atoms with Gasteiger partial charge in [-0.25, -0.2) is 18.6 Å². The molecule has 34 heavy (non-hydrogen) atoms. The molecule has 0 saturated carbocycles. The zero-order valence-corrected chi connectivity index (χ0v) is 19.5. The van der Waals surface area contributed by atoms with Gasteiger partial charge in [-0.1, -0.05) is 42.5 Å². The van der Waals surface area contributed by atoms with E-state index in [2.05, 4.69) is 0 Å². The summed E-state index contributed by atoms with van der Waals surface area (Å²) in [4.78, 5) is 32.4. The van der Waals surface area contributed by atoms with E-state index < -0.39 is 23.8 Å². The fourth-order valence-corrected chi connectivity index (χ4v) is 4.29. The molecule has 0 bridgehead atoms. The van der Waals surface area contributed by atoms with Gasteiger partial charge in [0.1, 0.15) is 22.6 Å². The number of hydrogen-bond acceptors (Lipinski definition) is 6. The minimum absolute atomic E-state index is 0.0135. The molecule has 2 heterocycles. The van der Waals surface area contributed by atoms with Gasteiger partial charge in [0.2, 0.25) is 0 Å². The average Bonchev–Trinajstić information content (AvgIpc) is 3.02. The van der Waals surface area contributed by atoms with Crippen molar-refractivity contribution in [3.8, 4) is 0 Å². The summed E-state index contributed by atoms with van der Waals surface area (Å²) >= 11 is 5.51. The van der Waals surface area contributed by atoms with Crippen molar-refractivity contribution in [1.82, 2.24) is 5.06 Å². The van der Waals surface area contributed by atoms with Crippen LogP contribution in [0.1, 0.15) is 25.3 Å². The van der Waals surface area contributed by atoms with Crippen LogP contribution in [0.5, 0.6) is 0 Å². The SMILES string of the molecule is CC(=O)CC[C@H]1CN(c2cc(F)c(N3CCON(C(=S)c4ccccc4)CC3)c(F)c2)C(=O)O1. The number of amides is 1. The molecule has 4 rings (SSSR count). The van der Waals surface area contributed by atoms with Crippen molar-refractivity contribution in [2.75, 3.05) is 42.6 Å². The summed E-state index contributed by atoms with van der Waals surface area (Å²) in [6, 6.07) is 11.6. The third kappa shape index (κ3) is 5.34. The van der Waals surface area contributed by atoms with Gasteiger partial charge in [0.15, 0.2) is 11.6 Å². The van der Waals surface area contributed by atoms with Crippen molar-refractivity contribution in [3.63, 3.8) is 0 Å². The molecular formula is C24H25F2N3O4S. The molecule has 0 N–H and O–H groups in total. The van der Waals surface area contributed by atoms with Crippen LogP contribution in [-0.2, 0) is 14.4 Å². The zero-order valence-electron chi connectivity index (χ0n) is 18.7. The van der Waals surface area contributed by atoms with Crippen LogP contribution in [0.15, 0.2) is 42.5 Å². The van der Waals surface area contributed by atoms with Crippen LogP contribution in [0.2, 0.25) is 0 Å². The Morgan fingerprint density at radius 2 is 1.82 bits per heavy atom. The van der Waals surface area contributed by atoms with Crippen LogP contribution in [0, 0.1) is 11.6 Å². The Morgan fingerprint density at radius 3 is 2.50 bits per heavy atom. The minimum atomic E-state index is -0.783. The number of Topliss-reactive ketones (excluding diaryl/α,β-unsaturated/α-hetero) is 1. The van der Waals surface area contributed by atoms with Gasteiger partial charge >= 0.3 is 6.09 Å². The Labute approximate surface area is 201 Å². The van der Waals surface area contributed by atoms with E-state index >= 15 is 8.78 Å². The third-order valence-electron chi connectivity index (χ3n) is 5.75. The Balaban J connectivity index is 1.45.